The molecule has 0 atom stereocenters. The molecule has 0 amide bonds. The molecule has 12 heteroatoms. The Hall–Kier alpha value is -13.4. The van der Waals surface area contributed by atoms with Crippen molar-refractivity contribution in [3.05, 3.63) is 541 Å². The quantitative estimate of drug-likeness (QED) is 0.0783. The number of rotatable bonds is 18. The van der Waals surface area contributed by atoms with Crippen molar-refractivity contribution in [2.45, 2.75) is 77.0 Å². The van der Waals surface area contributed by atoms with Gasteiger partial charge in [0.05, 0.1) is 11.4 Å². The van der Waals surface area contributed by atoms with Crippen molar-refractivity contribution < 1.29 is 84.3 Å². The molecule has 0 bridgehead atoms. The summed E-state index contributed by atoms with van der Waals surface area (Å²) in [5.41, 5.74) is 33.1. The fourth-order valence-electron chi connectivity index (χ4n) is 16.9. The number of hydrogen-bond donors (Lipinski definition) is 0. The molecule has 0 saturated heterocycles. The van der Waals surface area contributed by atoms with Gasteiger partial charge < -0.3 is 29.9 Å². The van der Waals surface area contributed by atoms with Crippen molar-refractivity contribution >= 4 is 0 Å². The third kappa shape index (κ3) is 21.9. The maximum atomic E-state index is 5.29. The van der Waals surface area contributed by atoms with E-state index in [0.29, 0.717) is 0 Å². The summed E-state index contributed by atoms with van der Waals surface area (Å²) < 4.78 is 0. The van der Waals surface area contributed by atoms with E-state index in [9.17, 15) is 0 Å². The molecule has 0 fully saturated rings. The van der Waals surface area contributed by atoms with Crippen LogP contribution in [0.4, 0.5) is 0 Å². The topological polar surface area (TPSA) is 103 Å². The van der Waals surface area contributed by atoms with Crippen LogP contribution in [-0.4, -0.2) is 39.9 Å². The van der Waals surface area contributed by atoms with Gasteiger partial charge in [-0.25, -0.2) is 0 Å². The van der Waals surface area contributed by atoms with Crippen molar-refractivity contribution in [3.8, 4) is 123 Å². The fraction of sp³-hybridized carbons (Fsp3) is 0.0968. The first-order valence-electron chi connectivity index (χ1n) is 44.5. The van der Waals surface area contributed by atoms with E-state index in [4.69, 9.17) is 39.9 Å². The van der Waals surface area contributed by atoms with Crippen LogP contribution in [0.1, 0.15) is 109 Å². The molecule has 0 spiro atoms. The van der Waals surface area contributed by atoms with Gasteiger partial charge in [-0.3, -0.25) is 9.97 Å². The maximum absolute atomic E-state index is 5.29. The summed E-state index contributed by atoms with van der Waals surface area (Å²) in [5.74, 6) is 0. The number of hydrogen-bond acceptors (Lipinski definition) is 8. The molecule has 21 rings (SSSR count). The van der Waals surface area contributed by atoms with E-state index in [-0.39, 0.29) is 95.1 Å². The second-order valence-corrected chi connectivity index (χ2v) is 34.4. The second kappa shape index (κ2) is 44.8. The van der Waals surface area contributed by atoms with Crippen molar-refractivity contribution in [3.63, 3.8) is 0 Å². The molecule has 0 unspecified atom stereocenters. The molecule has 12 aromatic carbocycles. The van der Waals surface area contributed by atoms with Gasteiger partial charge >= 0.3 is 84.3 Å². The van der Waals surface area contributed by atoms with Crippen molar-refractivity contribution in [1.29, 1.82) is 0 Å². The zero-order valence-electron chi connectivity index (χ0n) is 76.3. The van der Waals surface area contributed by atoms with Crippen LogP contribution in [0.5, 0.6) is 0 Å². The molecule has 1 aliphatic rings. The normalized spacial score (nSPS) is 11.5. The van der Waals surface area contributed by atoms with Crippen LogP contribution in [-0.2, 0) is 106 Å². The van der Waals surface area contributed by atoms with E-state index in [1.807, 2.05) is 158 Å². The Balaban J connectivity index is 0.000000145. The molecular weight excluding hydrogens is 2380 g/mol. The van der Waals surface area contributed by atoms with E-state index >= 15 is 0 Å². The molecular formula is C124H94N8Pt4. The number of aryl methyl sites for hydroxylation is 2. The first-order valence-corrected chi connectivity index (χ1v) is 44.5. The average molecular weight is 2480 g/mol. The van der Waals surface area contributed by atoms with Crippen LogP contribution in [0, 0.1) is 62.4 Å². The zero-order chi connectivity index (χ0) is 90.4. The molecule has 8 heterocycles. The number of nitrogens with zero attached hydrogens (tertiary/aromatic N) is 8. The molecule has 0 radical (unpaired) electrons. The summed E-state index contributed by atoms with van der Waals surface area (Å²) in [6.45, 7) is 17.2. The van der Waals surface area contributed by atoms with Crippen LogP contribution in [0.3, 0.4) is 0 Å². The van der Waals surface area contributed by atoms with Crippen molar-refractivity contribution in [2.24, 2.45) is 0 Å². The fourth-order valence-corrected chi connectivity index (χ4v) is 16.9. The Labute approximate surface area is 857 Å². The van der Waals surface area contributed by atoms with Crippen LogP contribution < -0.4 is 0 Å². The summed E-state index contributed by atoms with van der Waals surface area (Å²) in [5, 5.41) is 0. The summed E-state index contributed by atoms with van der Waals surface area (Å²) in [6, 6.07) is 171. The monoisotopic (exact) mass is 2470 g/mol. The van der Waals surface area contributed by atoms with Crippen LogP contribution >= 0.6 is 0 Å². The molecule has 8 aromatic heterocycles. The Bertz CT molecular complexity index is 6940. The minimum atomic E-state index is -0.664. The molecule has 8 nitrogen and oxygen atoms in total. The van der Waals surface area contributed by atoms with Gasteiger partial charge in [-0.15, -0.1) is 285 Å². The Kier molecular flexibility index (Phi) is 32.5. The Morgan fingerprint density at radius 1 is 0.199 bits per heavy atom. The molecule has 0 N–H and O–H groups in total. The summed E-state index contributed by atoms with van der Waals surface area (Å²) in [6.07, 6.45) is 0. The van der Waals surface area contributed by atoms with Crippen molar-refractivity contribution in [1.82, 2.24) is 39.9 Å². The van der Waals surface area contributed by atoms with Gasteiger partial charge in [0.2, 0.25) is 0 Å². The van der Waals surface area contributed by atoms with Gasteiger partial charge in [0.1, 0.15) is 5.41 Å². The van der Waals surface area contributed by atoms with E-state index in [1.165, 1.54) is 44.5 Å². The van der Waals surface area contributed by atoms with E-state index < -0.39 is 10.8 Å². The first kappa shape index (κ1) is 98.6. The minimum Gasteiger partial charge on any atom is -0.300 e. The minimum absolute atomic E-state index is 0. The third-order valence-electron chi connectivity index (χ3n) is 24.4. The van der Waals surface area contributed by atoms with Crippen LogP contribution in [0.15, 0.2) is 425 Å². The van der Waals surface area contributed by atoms with Crippen LogP contribution in [0.25, 0.3) is 123 Å². The SMILES string of the molecule is CC(C)(c1cccc(-c2[c-]ccc(-c3ccccc3)c2)n1)c1cccc(-c2[c-]ccc(-c3ccccc3)c2)n1.CC(C)(c1cccc(-c2[c-]cccc2)n1)c1cccc(-c2[c-]cccc2)n1.Cc1c[c-]c(-c2cccc(C(C)(C)c3cccc(-c4[c-]cc(C)cc4)n3)n2)cc1.[Pt+2].[Pt+2].[Pt+2].[Pt+2].[c-]1ccccc1-c1cccc(C2(c3cccc(-c4[c-]cccc4)n3)c3ccccc3-c3ccccc32)n1. The molecule has 0 saturated carbocycles. The molecule has 20 aromatic rings. The van der Waals surface area contributed by atoms with Crippen molar-refractivity contribution in [2.75, 3.05) is 0 Å². The standard InChI is InChI=1S/C37H28N2.C35H22N2.C27H24N2.C25H20N2.4Pt/c1-37(2,35-23-11-21-33(38-35)31-19-9-17-29(25-31)27-13-5-3-6-14-27)36-24-12-22-34(39-36)32-20-10-18-30(26-32)28-15-7-4-8-16-28;1-3-13-25(14-4-1)31-21-11-23-33(36-31)35(34-24-12-22-32(37-34)26-15-5-2-6-16-26)29-19-9-7-17-27(29)28-18-8-10-20-30(28)35;1-19-11-15-21(16-12-19)23-7-5-9-25(28-23)27(3,4)26-10-6-8-24(29-26)22-17-13-20(2)14-18-22;1-25(2,23-17-9-15-21(26-23)19-11-5-3-6-12-19)24-18-10-16-22(27-24)20-13-7-4-8-14-20;;;;/h3-18,21-26H,1-2H3;1-13,15,17-24H;5-15,17H,1-4H3;3-11,13,15-18H,1-2H3;;;;/q4*-2;4*+2. The van der Waals surface area contributed by atoms with E-state index in [0.717, 1.165) is 147 Å². The summed E-state index contributed by atoms with van der Waals surface area (Å²) in [4.78, 5) is 40.5. The zero-order valence-corrected chi connectivity index (χ0v) is 85.3. The van der Waals surface area contributed by atoms with Gasteiger partial charge in [-0.05, 0) is 169 Å². The predicted octanol–water partition coefficient (Wildman–Crippen LogP) is 28.9. The maximum Gasteiger partial charge on any atom is 2.00 e. The van der Waals surface area contributed by atoms with Gasteiger partial charge in [-0.1, -0.05) is 220 Å². The third-order valence-corrected chi connectivity index (χ3v) is 24.4. The molecule has 670 valence electrons. The second-order valence-electron chi connectivity index (χ2n) is 34.4. The van der Waals surface area contributed by atoms with Gasteiger partial charge in [0.25, 0.3) is 0 Å². The number of pyridine rings is 8. The molecule has 136 heavy (non-hydrogen) atoms. The van der Waals surface area contributed by atoms with Gasteiger partial charge in [-0.2, -0.15) is 0 Å². The summed E-state index contributed by atoms with van der Waals surface area (Å²) in [7, 11) is 0. The first-order chi connectivity index (χ1) is 64.5. The Morgan fingerprint density at radius 2 is 0.449 bits per heavy atom. The number of fused-ring (bicyclic) bond motifs is 3. The number of aromatic nitrogens is 8. The molecule has 1 aliphatic carbocycles. The predicted molar refractivity (Wildman–Crippen MR) is 536 cm³/mol. The van der Waals surface area contributed by atoms with Gasteiger partial charge in [0.15, 0.2) is 0 Å². The summed E-state index contributed by atoms with van der Waals surface area (Å²) >= 11 is 0. The Morgan fingerprint density at radius 3 is 0.728 bits per heavy atom. The average Bonchev–Trinajstić information content (AvgIpc) is 1.53. The molecule has 0 aliphatic heterocycles. The van der Waals surface area contributed by atoms with Gasteiger partial charge in [0, 0.05) is 50.4 Å². The van der Waals surface area contributed by atoms with E-state index in [1.54, 1.807) is 0 Å². The van der Waals surface area contributed by atoms with Crippen LogP contribution in [0.2, 0.25) is 0 Å². The number of benzene rings is 12. The largest absolute Gasteiger partial charge is 2.00 e. The smallest absolute Gasteiger partial charge is 0.300 e. The van der Waals surface area contributed by atoms with E-state index in [2.05, 4.69) is 371 Å².